The van der Waals surface area contributed by atoms with Gasteiger partial charge in [-0.15, -0.1) is 0 Å². The van der Waals surface area contributed by atoms with Gasteiger partial charge in [0.15, 0.2) is 0 Å². The summed E-state index contributed by atoms with van der Waals surface area (Å²) in [4.78, 5) is 5.86. The summed E-state index contributed by atoms with van der Waals surface area (Å²) in [7, 11) is 3.86. The lowest BCUT2D eigenvalue weighted by Crippen LogP contribution is -2.00. The first-order valence-electron chi connectivity index (χ1n) is 3.94. The Kier molecular flexibility index (Phi) is 3.04. The predicted molar refractivity (Wildman–Crippen MR) is 51.7 cm³/mol. The van der Waals surface area contributed by atoms with E-state index in [1.54, 1.807) is 6.20 Å². The van der Waals surface area contributed by atoms with Crippen LogP contribution in [0.2, 0.25) is 0 Å². The molecule has 1 aromatic rings. The first-order valence-corrected chi connectivity index (χ1v) is 3.94. The van der Waals surface area contributed by atoms with Crippen molar-refractivity contribution < 1.29 is 0 Å². The molecule has 3 nitrogen and oxygen atoms in total. The van der Waals surface area contributed by atoms with Crippen LogP contribution in [-0.4, -0.2) is 24.0 Å². The van der Waals surface area contributed by atoms with E-state index in [0.717, 1.165) is 5.56 Å². The fraction of sp³-hybridized carbons (Fsp3) is 0.200. The molecule has 0 bridgehead atoms. The van der Waals surface area contributed by atoms with Crippen molar-refractivity contribution in [2.24, 2.45) is 0 Å². The van der Waals surface area contributed by atoms with Crippen molar-refractivity contribution in [1.82, 2.24) is 9.88 Å². The van der Waals surface area contributed by atoms with E-state index in [-0.39, 0.29) is 0 Å². The van der Waals surface area contributed by atoms with Crippen molar-refractivity contribution >= 4 is 6.08 Å². The van der Waals surface area contributed by atoms with E-state index >= 15 is 0 Å². The van der Waals surface area contributed by atoms with Crippen LogP contribution in [-0.2, 0) is 0 Å². The van der Waals surface area contributed by atoms with E-state index in [0.29, 0.717) is 5.69 Å². The van der Waals surface area contributed by atoms with Crippen molar-refractivity contribution in [3.05, 3.63) is 35.8 Å². The van der Waals surface area contributed by atoms with Crippen LogP contribution < -0.4 is 0 Å². The second-order valence-corrected chi connectivity index (χ2v) is 2.83. The van der Waals surface area contributed by atoms with Gasteiger partial charge in [0.05, 0.1) is 0 Å². The molecule has 0 aliphatic carbocycles. The third-order valence-electron chi connectivity index (χ3n) is 1.50. The number of hydrogen-bond donors (Lipinski definition) is 0. The fourth-order valence-electron chi connectivity index (χ4n) is 0.875. The highest BCUT2D eigenvalue weighted by molar-refractivity contribution is 5.54. The second kappa shape index (κ2) is 4.27. The van der Waals surface area contributed by atoms with Gasteiger partial charge in [-0.05, 0) is 18.3 Å². The summed E-state index contributed by atoms with van der Waals surface area (Å²) < 4.78 is 0. The molecule has 0 saturated carbocycles. The Labute approximate surface area is 77.9 Å². The minimum absolute atomic E-state index is 0.459. The third-order valence-corrected chi connectivity index (χ3v) is 1.50. The normalized spacial score (nSPS) is 9.92. The minimum atomic E-state index is 0.459. The Morgan fingerprint density at radius 2 is 2.31 bits per heavy atom. The number of hydrogen-bond acceptors (Lipinski definition) is 3. The standard InChI is InChI=1S/C10H11N3/c1-13(2)7-5-9-4-3-6-12-10(9)8-11/h3-7H,1-2H3/b7-5+. The minimum Gasteiger partial charge on any atom is -0.383 e. The van der Waals surface area contributed by atoms with Gasteiger partial charge in [0.2, 0.25) is 0 Å². The number of pyridine rings is 1. The number of rotatable bonds is 2. The highest BCUT2D eigenvalue weighted by Gasteiger charge is 1.96. The lowest BCUT2D eigenvalue weighted by molar-refractivity contribution is 0.567. The molecule has 13 heavy (non-hydrogen) atoms. The quantitative estimate of drug-likeness (QED) is 0.680. The summed E-state index contributed by atoms with van der Waals surface area (Å²) in [6.45, 7) is 0. The summed E-state index contributed by atoms with van der Waals surface area (Å²) in [5.74, 6) is 0. The molecule has 0 unspecified atom stereocenters. The van der Waals surface area contributed by atoms with Gasteiger partial charge in [-0.2, -0.15) is 5.26 Å². The van der Waals surface area contributed by atoms with Crippen LogP contribution >= 0.6 is 0 Å². The van der Waals surface area contributed by atoms with Gasteiger partial charge in [-0.3, -0.25) is 0 Å². The zero-order valence-electron chi connectivity index (χ0n) is 7.73. The maximum absolute atomic E-state index is 8.72. The summed E-state index contributed by atoms with van der Waals surface area (Å²) in [6.07, 6.45) is 5.37. The molecular weight excluding hydrogens is 162 g/mol. The number of aromatic nitrogens is 1. The van der Waals surface area contributed by atoms with Crippen molar-refractivity contribution in [2.75, 3.05) is 14.1 Å². The molecule has 1 heterocycles. The molecule has 0 amide bonds. The monoisotopic (exact) mass is 173 g/mol. The average molecular weight is 173 g/mol. The van der Waals surface area contributed by atoms with Gasteiger partial charge >= 0.3 is 0 Å². The summed E-state index contributed by atoms with van der Waals surface area (Å²) >= 11 is 0. The Morgan fingerprint density at radius 1 is 1.54 bits per heavy atom. The van der Waals surface area contributed by atoms with Crippen LogP contribution in [0.15, 0.2) is 24.5 Å². The number of nitriles is 1. The summed E-state index contributed by atoms with van der Waals surface area (Å²) in [5.41, 5.74) is 1.30. The smallest absolute Gasteiger partial charge is 0.147 e. The Hall–Kier alpha value is -1.82. The van der Waals surface area contributed by atoms with E-state index in [2.05, 4.69) is 4.98 Å². The fourth-order valence-corrected chi connectivity index (χ4v) is 0.875. The van der Waals surface area contributed by atoms with Crippen LogP contribution in [0.25, 0.3) is 6.08 Å². The molecule has 3 heteroatoms. The Balaban J connectivity index is 2.95. The van der Waals surface area contributed by atoms with Gasteiger partial charge in [0.25, 0.3) is 0 Å². The summed E-state index contributed by atoms with van der Waals surface area (Å²) in [6, 6.07) is 5.72. The van der Waals surface area contributed by atoms with E-state index in [4.69, 9.17) is 5.26 Å². The molecule has 0 fully saturated rings. The molecule has 0 aliphatic rings. The van der Waals surface area contributed by atoms with Crippen LogP contribution in [0.5, 0.6) is 0 Å². The zero-order chi connectivity index (χ0) is 9.68. The van der Waals surface area contributed by atoms with E-state index in [1.165, 1.54) is 0 Å². The highest BCUT2D eigenvalue weighted by atomic mass is 15.0. The maximum Gasteiger partial charge on any atom is 0.147 e. The van der Waals surface area contributed by atoms with Crippen LogP contribution in [0.4, 0.5) is 0 Å². The molecule has 0 aromatic carbocycles. The predicted octanol–water partition coefficient (Wildman–Crippen LogP) is 1.49. The first-order chi connectivity index (χ1) is 6.24. The van der Waals surface area contributed by atoms with Crippen molar-refractivity contribution in [3.8, 4) is 6.07 Å². The van der Waals surface area contributed by atoms with Gasteiger partial charge in [0.1, 0.15) is 11.8 Å². The van der Waals surface area contributed by atoms with Gasteiger partial charge in [-0.1, -0.05) is 6.07 Å². The van der Waals surface area contributed by atoms with E-state index in [9.17, 15) is 0 Å². The van der Waals surface area contributed by atoms with Gasteiger partial charge in [-0.25, -0.2) is 4.98 Å². The molecule has 0 aliphatic heterocycles. The second-order valence-electron chi connectivity index (χ2n) is 2.83. The van der Waals surface area contributed by atoms with E-state index < -0.39 is 0 Å². The van der Waals surface area contributed by atoms with Crippen molar-refractivity contribution in [2.45, 2.75) is 0 Å². The van der Waals surface area contributed by atoms with Crippen LogP contribution in [0.3, 0.4) is 0 Å². The zero-order valence-corrected chi connectivity index (χ0v) is 7.73. The topological polar surface area (TPSA) is 39.9 Å². The molecule has 1 rings (SSSR count). The molecule has 0 N–H and O–H groups in total. The van der Waals surface area contributed by atoms with Gasteiger partial charge in [0, 0.05) is 25.9 Å². The average Bonchev–Trinajstić information content (AvgIpc) is 2.15. The van der Waals surface area contributed by atoms with Crippen LogP contribution in [0.1, 0.15) is 11.3 Å². The highest BCUT2D eigenvalue weighted by Crippen LogP contribution is 2.05. The molecule has 0 saturated heterocycles. The molecular formula is C10H11N3. The first kappa shape index (κ1) is 9.27. The molecule has 66 valence electrons. The molecule has 0 radical (unpaired) electrons. The van der Waals surface area contributed by atoms with E-state index in [1.807, 2.05) is 49.5 Å². The van der Waals surface area contributed by atoms with Crippen molar-refractivity contribution in [1.29, 1.82) is 5.26 Å². The lowest BCUT2D eigenvalue weighted by Gasteiger charge is -2.03. The Morgan fingerprint density at radius 3 is 2.92 bits per heavy atom. The summed E-state index contributed by atoms with van der Waals surface area (Å²) in [5, 5.41) is 8.72. The SMILES string of the molecule is CN(C)/C=C/c1cccnc1C#N. The van der Waals surface area contributed by atoms with Gasteiger partial charge < -0.3 is 4.90 Å². The largest absolute Gasteiger partial charge is 0.383 e. The maximum atomic E-state index is 8.72. The third kappa shape index (κ3) is 2.60. The Bertz CT molecular complexity index is 347. The van der Waals surface area contributed by atoms with Crippen LogP contribution in [0, 0.1) is 11.3 Å². The molecule has 0 spiro atoms. The lowest BCUT2D eigenvalue weighted by atomic mass is 10.2. The number of nitrogens with zero attached hydrogens (tertiary/aromatic N) is 3. The van der Waals surface area contributed by atoms with Crippen molar-refractivity contribution in [3.63, 3.8) is 0 Å². The molecule has 1 aromatic heterocycles. The molecule has 0 atom stereocenters.